The number of aliphatic imine (C=N–C) groups is 1. The van der Waals surface area contributed by atoms with Gasteiger partial charge in [-0.2, -0.15) is 0 Å². The van der Waals surface area contributed by atoms with Gasteiger partial charge in [0, 0.05) is 52.1 Å². The average Bonchev–Trinajstić information content (AvgIpc) is 3.11. The summed E-state index contributed by atoms with van der Waals surface area (Å²) in [6.45, 7) is 5.86. The van der Waals surface area contributed by atoms with Crippen molar-refractivity contribution in [3.8, 4) is 0 Å². The fourth-order valence-electron chi connectivity index (χ4n) is 3.16. The Morgan fingerprint density at radius 1 is 1.50 bits per heavy atom. The molecular weight excluding hydrogens is 474 g/mol. The van der Waals surface area contributed by atoms with Crippen LogP contribution in [0.15, 0.2) is 23.3 Å². The van der Waals surface area contributed by atoms with Crippen molar-refractivity contribution in [2.24, 2.45) is 4.99 Å². The molecule has 0 radical (unpaired) electrons. The summed E-state index contributed by atoms with van der Waals surface area (Å²) < 4.78 is 19.7. The van der Waals surface area contributed by atoms with E-state index in [0.29, 0.717) is 25.5 Å². The molecule has 2 N–H and O–H groups in total. The maximum atomic E-state index is 13.9. The van der Waals surface area contributed by atoms with E-state index in [4.69, 9.17) is 4.74 Å². The first-order valence-corrected chi connectivity index (χ1v) is 9.62. The predicted octanol–water partition coefficient (Wildman–Crippen LogP) is 1.94. The van der Waals surface area contributed by atoms with E-state index in [1.54, 1.807) is 19.3 Å². The molecule has 0 spiro atoms. The number of halogens is 2. The van der Waals surface area contributed by atoms with E-state index in [1.165, 1.54) is 6.07 Å². The molecule has 2 unspecified atom stereocenters. The highest BCUT2D eigenvalue weighted by atomic mass is 127. The minimum atomic E-state index is -0.277. The summed E-state index contributed by atoms with van der Waals surface area (Å²) in [4.78, 5) is 12.6. The number of aromatic nitrogens is 1. The molecule has 1 aliphatic rings. The van der Waals surface area contributed by atoms with Gasteiger partial charge >= 0.3 is 0 Å². The number of hydrogen-bond donors (Lipinski definition) is 2. The molecule has 160 valence electrons. The Morgan fingerprint density at radius 3 is 2.93 bits per heavy atom. The van der Waals surface area contributed by atoms with Crippen LogP contribution in [0.5, 0.6) is 0 Å². The highest BCUT2D eigenvalue weighted by Crippen LogP contribution is 2.20. The van der Waals surface area contributed by atoms with Crippen LogP contribution in [0.2, 0.25) is 0 Å². The van der Waals surface area contributed by atoms with Crippen molar-refractivity contribution in [2.45, 2.75) is 31.9 Å². The van der Waals surface area contributed by atoms with E-state index in [9.17, 15) is 4.39 Å². The van der Waals surface area contributed by atoms with Crippen LogP contribution < -0.4 is 15.5 Å². The zero-order valence-electron chi connectivity index (χ0n) is 17.3. The minimum Gasteiger partial charge on any atom is -0.377 e. The van der Waals surface area contributed by atoms with Crippen LogP contribution in [0.4, 0.5) is 10.2 Å². The molecule has 2 atom stereocenters. The monoisotopic (exact) mass is 508 g/mol. The lowest BCUT2D eigenvalue weighted by molar-refractivity contribution is 0.0548. The molecular formula is C19H34FIN6O. The van der Waals surface area contributed by atoms with Crippen molar-refractivity contribution in [2.75, 3.05) is 58.8 Å². The first-order valence-electron chi connectivity index (χ1n) is 9.62. The second-order valence-corrected chi connectivity index (χ2v) is 7.01. The molecule has 2 rings (SSSR count). The summed E-state index contributed by atoms with van der Waals surface area (Å²) in [7, 11) is 5.89. The Balaban J connectivity index is 0.00000392. The smallest absolute Gasteiger partial charge is 0.191 e. The molecule has 1 aliphatic heterocycles. The topological polar surface area (TPSA) is 65.0 Å². The van der Waals surface area contributed by atoms with Gasteiger partial charge in [0.25, 0.3) is 0 Å². The lowest BCUT2D eigenvalue weighted by Crippen LogP contribution is -2.47. The third kappa shape index (κ3) is 8.04. The SMILES string of the molecule is CCOC(CCN(C)C)CNC(=NC)NC1CCN(c2ncccc2F)C1.I. The molecule has 1 aromatic heterocycles. The molecule has 1 aromatic rings. The summed E-state index contributed by atoms with van der Waals surface area (Å²) >= 11 is 0. The van der Waals surface area contributed by atoms with Gasteiger partial charge < -0.3 is 25.2 Å². The summed E-state index contributed by atoms with van der Waals surface area (Å²) in [5.74, 6) is 0.892. The second-order valence-electron chi connectivity index (χ2n) is 7.01. The number of nitrogens with one attached hydrogen (secondary N) is 2. The van der Waals surface area contributed by atoms with Gasteiger partial charge in [-0.15, -0.1) is 24.0 Å². The fraction of sp³-hybridized carbons (Fsp3) is 0.684. The van der Waals surface area contributed by atoms with Gasteiger partial charge in [-0.1, -0.05) is 0 Å². The van der Waals surface area contributed by atoms with Gasteiger partial charge in [0.1, 0.15) is 0 Å². The molecule has 0 aromatic carbocycles. The molecule has 7 nitrogen and oxygen atoms in total. The Morgan fingerprint density at radius 2 is 2.29 bits per heavy atom. The first-order chi connectivity index (χ1) is 13.0. The van der Waals surface area contributed by atoms with Crippen molar-refractivity contribution in [3.05, 3.63) is 24.1 Å². The molecule has 0 saturated carbocycles. The van der Waals surface area contributed by atoms with E-state index in [0.717, 1.165) is 31.9 Å². The highest BCUT2D eigenvalue weighted by molar-refractivity contribution is 14.0. The van der Waals surface area contributed by atoms with Crippen LogP contribution in [0, 0.1) is 5.82 Å². The van der Waals surface area contributed by atoms with Gasteiger partial charge in [0.2, 0.25) is 0 Å². The Hall–Kier alpha value is -1.20. The summed E-state index contributed by atoms with van der Waals surface area (Å²) in [6, 6.07) is 3.26. The van der Waals surface area contributed by atoms with Crippen molar-refractivity contribution in [1.29, 1.82) is 0 Å². The van der Waals surface area contributed by atoms with Crippen molar-refractivity contribution in [3.63, 3.8) is 0 Å². The Bertz CT molecular complexity index is 604. The van der Waals surface area contributed by atoms with E-state index < -0.39 is 0 Å². The minimum absolute atomic E-state index is 0. The Labute approximate surface area is 185 Å². The van der Waals surface area contributed by atoms with Gasteiger partial charge in [0.05, 0.1) is 6.10 Å². The lowest BCUT2D eigenvalue weighted by atomic mass is 10.2. The number of ether oxygens (including phenoxy) is 1. The number of pyridine rings is 1. The van der Waals surface area contributed by atoms with Crippen LogP contribution in [0.25, 0.3) is 0 Å². The summed E-state index contributed by atoms with van der Waals surface area (Å²) in [5, 5.41) is 6.79. The van der Waals surface area contributed by atoms with Crippen LogP contribution in [-0.4, -0.2) is 81.9 Å². The molecule has 2 heterocycles. The third-order valence-corrected chi connectivity index (χ3v) is 4.59. The first kappa shape index (κ1) is 24.8. The zero-order valence-corrected chi connectivity index (χ0v) is 19.7. The third-order valence-electron chi connectivity index (χ3n) is 4.59. The van der Waals surface area contributed by atoms with Crippen LogP contribution in [0.3, 0.4) is 0 Å². The number of anilines is 1. The van der Waals surface area contributed by atoms with Crippen molar-refractivity contribution in [1.82, 2.24) is 20.5 Å². The van der Waals surface area contributed by atoms with Crippen LogP contribution in [0.1, 0.15) is 19.8 Å². The van der Waals surface area contributed by atoms with Gasteiger partial charge in [0.15, 0.2) is 17.6 Å². The Kier molecular flexibility index (Phi) is 11.6. The molecule has 9 heteroatoms. The van der Waals surface area contributed by atoms with Gasteiger partial charge in [-0.05, 0) is 46.0 Å². The number of nitrogens with zero attached hydrogens (tertiary/aromatic N) is 4. The van der Waals surface area contributed by atoms with Crippen molar-refractivity contribution >= 4 is 35.8 Å². The predicted molar refractivity (Wildman–Crippen MR) is 123 cm³/mol. The van der Waals surface area contributed by atoms with E-state index in [2.05, 4.69) is 39.6 Å². The second kappa shape index (κ2) is 13.1. The quantitative estimate of drug-likeness (QED) is 0.302. The van der Waals surface area contributed by atoms with E-state index in [1.807, 2.05) is 11.8 Å². The van der Waals surface area contributed by atoms with E-state index in [-0.39, 0.29) is 41.9 Å². The van der Waals surface area contributed by atoms with Crippen LogP contribution in [-0.2, 0) is 4.74 Å². The molecule has 28 heavy (non-hydrogen) atoms. The maximum Gasteiger partial charge on any atom is 0.191 e. The zero-order chi connectivity index (χ0) is 19.6. The summed E-state index contributed by atoms with van der Waals surface area (Å²) in [5.41, 5.74) is 0. The largest absolute Gasteiger partial charge is 0.377 e. The number of rotatable bonds is 9. The molecule has 1 saturated heterocycles. The normalized spacial score (nSPS) is 18.1. The summed E-state index contributed by atoms with van der Waals surface area (Å²) in [6.07, 6.45) is 3.63. The number of hydrogen-bond acceptors (Lipinski definition) is 5. The number of guanidine groups is 1. The van der Waals surface area contributed by atoms with Crippen molar-refractivity contribution < 1.29 is 9.13 Å². The lowest BCUT2D eigenvalue weighted by Gasteiger charge is -2.23. The van der Waals surface area contributed by atoms with Gasteiger partial charge in [-0.25, -0.2) is 9.37 Å². The molecule has 0 bridgehead atoms. The molecule has 0 aliphatic carbocycles. The molecule has 1 fully saturated rings. The fourth-order valence-corrected chi connectivity index (χ4v) is 3.16. The maximum absolute atomic E-state index is 13.9. The highest BCUT2D eigenvalue weighted by Gasteiger charge is 2.26. The van der Waals surface area contributed by atoms with Crippen LogP contribution >= 0.6 is 24.0 Å². The standard InChI is InChI=1S/C19H33FN6O.HI/c1-5-27-16(9-11-25(3)4)13-23-19(21-2)24-15-8-12-26(14-15)18-17(20)7-6-10-22-18;/h6-7,10,15-16H,5,8-9,11-14H2,1-4H3,(H2,21,23,24);1H. The van der Waals surface area contributed by atoms with E-state index >= 15 is 0 Å². The average molecular weight is 508 g/mol. The molecule has 0 amide bonds. The van der Waals surface area contributed by atoms with Gasteiger partial charge in [-0.3, -0.25) is 4.99 Å².